The van der Waals surface area contributed by atoms with Crippen LogP contribution >= 0.6 is 0 Å². The Labute approximate surface area is 166 Å². The standard InChI is InChI=1S/C20H21N7O2/c1-11-10-27(5-6-28-11)12-3-4-16-15(7-12)24-20(29-16)14-9-23-19(22-2)18-13(14)8-17(21)25-26-18/h3-4,7-9,11H,5-6,10H2,1-2H3,(H2,21,25)(H,22,23)/t11-/m1/s1. The quantitative estimate of drug-likeness (QED) is 0.544. The fourth-order valence-electron chi connectivity index (χ4n) is 3.68. The number of aromatic nitrogens is 4. The highest BCUT2D eigenvalue weighted by Gasteiger charge is 2.19. The molecule has 0 aliphatic carbocycles. The highest BCUT2D eigenvalue weighted by atomic mass is 16.5. The predicted octanol–water partition coefficient (Wildman–Crippen LogP) is 2.68. The fraction of sp³-hybridized carbons (Fsp3) is 0.300. The van der Waals surface area contributed by atoms with Crippen molar-refractivity contribution in [2.24, 2.45) is 0 Å². The van der Waals surface area contributed by atoms with Crippen LogP contribution in [0.3, 0.4) is 0 Å². The maximum atomic E-state index is 6.04. The van der Waals surface area contributed by atoms with Gasteiger partial charge < -0.3 is 25.1 Å². The van der Waals surface area contributed by atoms with Crippen LogP contribution in [0, 0.1) is 0 Å². The number of nitrogens with one attached hydrogen (secondary N) is 1. The second-order valence-corrected chi connectivity index (χ2v) is 7.10. The van der Waals surface area contributed by atoms with Crippen molar-refractivity contribution in [1.82, 2.24) is 20.2 Å². The third-order valence-electron chi connectivity index (χ3n) is 5.09. The van der Waals surface area contributed by atoms with Gasteiger partial charge in [0.05, 0.1) is 18.3 Å². The average Bonchev–Trinajstić information content (AvgIpc) is 3.15. The SMILES string of the molecule is CNc1ncc(-c2nc3cc(N4CCO[C@H](C)C4)ccc3o2)c2cc(N)nnc12. The predicted molar refractivity (Wildman–Crippen MR) is 112 cm³/mol. The number of nitrogen functional groups attached to an aromatic ring is 1. The van der Waals surface area contributed by atoms with E-state index in [-0.39, 0.29) is 6.10 Å². The molecule has 0 spiro atoms. The summed E-state index contributed by atoms with van der Waals surface area (Å²) >= 11 is 0. The molecule has 0 radical (unpaired) electrons. The number of anilines is 3. The van der Waals surface area contributed by atoms with Crippen molar-refractivity contribution in [1.29, 1.82) is 0 Å². The van der Waals surface area contributed by atoms with Crippen molar-refractivity contribution in [2.75, 3.05) is 42.7 Å². The van der Waals surface area contributed by atoms with E-state index in [4.69, 9.17) is 19.9 Å². The van der Waals surface area contributed by atoms with Gasteiger partial charge in [-0.2, -0.15) is 0 Å². The lowest BCUT2D eigenvalue weighted by Gasteiger charge is -2.32. The van der Waals surface area contributed by atoms with Gasteiger partial charge in [0.2, 0.25) is 5.89 Å². The third kappa shape index (κ3) is 3.09. The summed E-state index contributed by atoms with van der Waals surface area (Å²) in [6, 6.07) is 7.81. The average molecular weight is 391 g/mol. The molecule has 1 aliphatic heterocycles. The van der Waals surface area contributed by atoms with Crippen molar-refractivity contribution in [3.05, 3.63) is 30.5 Å². The van der Waals surface area contributed by atoms with Crippen molar-refractivity contribution in [3.63, 3.8) is 0 Å². The molecular weight excluding hydrogens is 370 g/mol. The minimum atomic E-state index is 0.210. The Kier molecular flexibility index (Phi) is 4.17. The molecule has 1 fully saturated rings. The van der Waals surface area contributed by atoms with Crippen LogP contribution in [0.1, 0.15) is 6.92 Å². The molecule has 9 nitrogen and oxygen atoms in total. The summed E-state index contributed by atoms with van der Waals surface area (Å²) in [4.78, 5) is 11.4. The maximum absolute atomic E-state index is 6.04. The highest BCUT2D eigenvalue weighted by molar-refractivity contribution is 5.99. The van der Waals surface area contributed by atoms with Crippen LogP contribution in [-0.4, -0.2) is 53.0 Å². The number of nitrogens with two attached hydrogens (primary N) is 1. The Bertz CT molecular complexity index is 1210. The van der Waals surface area contributed by atoms with E-state index in [9.17, 15) is 0 Å². The van der Waals surface area contributed by atoms with E-state index in [1.807, 2.05) is 12.1 Å². The minimum Gasteiger partial charge on any atom is -0.436 e. The second kappa shape index (κ2) is 6.85. The summed E-state index contributed by atoms with van der Waals surface area (Å²) in [6.45, 7) is 4.52. The normalized spacial score (nSPS) is 17.2. The van der Waals surface area contributed by atoms with Gasteiger partial charge in [-0.3, -0.25) is 0 Å². The topological polar surface area (TPSA) is 115 Å². The number of fused-ring (bicyclic) bond motifs is 2. The molecule has 0 saturated carbocycles. The number of nitrogens with zero attached hydrogens (tertiary/aromatic N) is 5. The molecular formula is C20H21N7O2. The zero-order valence-electron chi connectivity index (χ0n) is 16.2. The molecule has 5 rings (SSSR count). The van der Waals surface area contributed by atoms with Gasteiger partial charge in [-0.1, -0.05) is 0 Å². The summed E-state index contributed by atoms with van der Waals surface area (Å²) in [5, 5.41) is 11.9. The summed E-state index contributed by atoms with van der Waals surface area (Å²) < 4.78 is 11.7. The van der Waals surface area contributed by atoms with Crippen LogP contribution < -0.4 is 16.0 Å². The highest BCUT2D eigenvalue weighted by Crippen LogP contribution is 2.33. The number of rotatable bonds is 3. The van der Waals surface area contributed by atoms with Crippen LogP contribution in [0.2, 0.25) is 0 Å². The van der Waals surface area contributed by atoms with E-state index in [2.05, 4.69) is 38.4 Å². The Morgan fingerprint density at radius 3 is 2.97 bits per heavy atom. The minimum absolute atomic E-state index is 0.210. The number of ether oxygens (including phenoxy) is 1. The van der Waals surface area contributed by atoms with Crippen molar-refractivity contribution < 1.29 is 9.15 Å². The molecule has 0 unspecified atom stereocenters. The van der Waals surface area contributed by atoms with E-state index in [0.29, 0.717) is 28.6 Å². The van der Waals surface area contributed by atoms with E-state index >= 15 is 0 Å². The molecule has 1 saturated heterocycles. The monoisotopic (exact) mass is 391 g/mol. The van der Waals surface area contributed by atoms with Gasteiger partial charge in [-0.05, 0) is 31.2 Å². The van der Waals surface area contributed by atoms with Crippen molar-refractivity contribution >= 4 is 39.3 Å². The molecule has 29 heavy (non-hydrogen) atoms. The fourth-order valence-corrected chi connectivity index (χ4v) is 3.68. The van der Waals surface area contributed by atoms with Gasteiger partial charge in [0, 0.05) is 37.4 Å². The molecule has 0 amide bonds. The first kappa shape index (κ1) is 17.6. The number of hydrogen-bond acceptors (Lipinski definition) is 9. The summed E-state index contributed by atoms with van der Waals surface area (Å²) in [5.74, 6) is 1.42. The van der Waals surface area contributed by atoms with Gasteiger partial charge in [0.25, 0.3) is 0 Å². The number of pyridine rings is 1. The van der Waals surface area contributed by atoms with Crippen LogP contribution in [-0.2, 0) is 4.74 Å². The molecule has 1 aliphatic rings. The Balaban J connectivity index is 1.60. The third-order valence-corrected chi connectivity index (χ3v) is 5.09. The van der Waals surface area contributed by atoms with Gasteiger partial charge in [-0.15, -0.1) is 10.2 Å². The summed E-state index contributed by atoms with van der Waals surface area (Å²) in [5.41, 5.74) is 9.82. The molecule has 3 N–H and O–H groups in total. The number of benzene rings is 1. The zero-order chi connectivity index (χ0) is 20.0. The maximum Gasteiger partial charge on any atom is 0.229 e. The first-order valence-electron chi connectivity index (χ1n) is 9.49. The lowest BCUT2D eigenvalue weighted by Crippen LogP contribution is -2.41. The molecule has 1 aromatic carbocycles. The molecule has 148 valence electrons. The van der Waals surface area contributed by atoms with Gasteiger partial charge >= 0.3 is 0 Å². The van der Waals surface area contributed by atoms with E-state index in [0.717, 1.165) is 41.9 Å². The molecule has 3 aromatic heterocycles. The molecule has 4 heterocycles. The Morgan fingerprint density at radius 2 is 2.14 bits per heavy atom. The van der Waals surface area contributed by atoms with Crippen molar-refractivity contribution in [2.45, 2.75) is 13.0 Å². The number of morpholine rings is 1. The first-order valence-corrected chi connectivity index (χ1v) is 9.49. The van der Waals surface area contributed by atoms with Crippen LogP contribution in [0.4, 0.5) is 17.3 Å². The van der Waals surface area contributed by atoms with E-state index in [1.165, 1.54) is 0 Å². The summed E-state index contributed by atoms with van der Waals surface area (Å²) in [6.07, 6.45) is 1.92. The van der Waals surface area contributed by atoms with Gasteiger partial charge in [0.1, 0.15) is 16.9 Å². The Morgan fingerprint density at radius 1 is 1.24 bits per heavy atom. The van der Waals surface area contributed by atoms with Gasteiger partial charge in [0.15, 0.2) is 11.4 Å². The van der Waals surface area contributed by atoms with Crippen LogP contribution in [0.5, 0.6) is 0 Å². The zero-order valence-corrected chi connectivity index (χ0v) is 16.2. The lowest BCUT2D eigenvalue weighted by molar-refractivity contribution is 0.0532. The largest absolute Gasteiger partial charge is 0.436 e. The molecule has 9 heteroatoms. The first-order chi connectivity index (χ1) is 14.1. The molecule has 1 atom stereocenters. The smallest absolute Gasteiger partial charge is 0.229 e. The second-order valence-electron chi connectivity index (χ2n) is 7.10. The number of hydrogen-bond donors (Lipinski definition) is 2. The van der Waals surface area contributed by atoms with Crippen LogP contribution in [0.15, 0.2) is 34.9 Å². The van der Waals surface area contributed by atoms with Gasteiger partial charge in [-0.25, -0.2) is 9.97 Å². The Hall–Kier alpha value is -3.46. The van der Waals surface area contributed by atoms with Crippen LogP contribution in [0.25, 0.3) is 33.5 Å². The molecule has 4 aromatic rings. The van der Waals surface area contributed by atoms with E-state index in [1.54, 1.807) is 19.3 Å². The van der Waals surface area contributed by atoms with E-state index < -0.39 is 0 Å². The summed E-state index contributed by atoms with van der Waals surface area (Å²) in [7, 11) is 1.78. The number of oxazole rings is 1. The van der Waals surface area contributed by atoms with Crippen molar-refractivity contribution in [3.8, 4) is 11.5 Å². The molecule has 0 bridgehead atoms. The lowest BCUT2D eigenvalue weighted by atomic mass is 10.1.